The Morgan fingerprint density at radius 1 is 1.75 bits per heavy atom. The van der Waals surface area contributed by atoms with Crippen LogP contribution in [0, 0.1) is 0 Å². The summed E-state index contributed by atoms with van der Waals surface area (Å²) >= 11 is 0. The second-order valence-electron chi connectivity index (χ2n) is 1.80. The summed E-state index contributed by atoms with van der Waals surface area (Å²) in [6.07, 6.45) is 0.980. The van der Waals surface area contributed by atoms with Crippen molar-refractivity contribution in [2.75, 3.05) is 13.7 Å². The normalized spacial score (nSPS) is 8.88. The summed E-state index contributed by atoms with van der Waals surface area (Å²) in [7, 11) is 1.94. The summed E-state index contributed by atoms with van der Waals surface area (Å²) in [6, 6.07) is 0. The van der Waals surface area contributed by atoms with Gasteiger partial charge in [0, 0.05) is 12.7 Å². The maximum atomic E-state index is 5.31. The highest BCUT2D eigenvalue weighted by Crippen LogP contribution is 1.98. The lowest BCUT2D eigenvalue weighted by Crippen LogP contribution is -2.23. The smallest absolute Gasteiger partial charge is 0.0650 e. The van der Waals surface area contributed by atoms with Crippen LogP contribution in [0.2, 0.25) is 0 Å². The van der Waals surface area contributed by atoms with Crippen molar-refractivity contribution >= 4 is 0 Å². The standard InChI is InChI=1S/C6H14N2/c1-4-6(2)8(3)5-7/h2,4-5,7H2,1,3H3. The zero-order valence-electron chi connectivity index (χ0n) is 5.65. The average molecular weight is 114 g/mol. The molecule has 0 rings (SSSR count). The Balaban J connectivity index is 3.46. The summed E-state index contributed by atoms with van der Waals surface area (Å²) in [4.78, 5) is 1.93. The molecule has 0 saturated carbocycles. The fraction of sp³-hybridized carbons (Fsp3) is 0.667. The van der Waals surface area contributed by atoms with Gasteiger partial charge in [-0.05, 0) is 6.42 Å². The molecular formula is C6H14N2. The Kier molecular flexibility index (Phi) is 3.28. The minimum atomic E-state index is 0.562. The summed E-state index contributed by atoms with van der Waals surface area (Å²) in [5.41, 5.74) is 6.40. The van der Waals surface area contributed by atoms with E-state index in [2.05, 4.69) is 13.5 Å². The van der Waals surface area contributed by atoms with E-state index in [0.29, 0.717) is 6.67 Å². The maximum Gasteiger partial charge on any atom is 0.0650 e. The van der Waals surface area contributed by atoms with Crippen molar-refractivity contribution in [1.82, 2.24) is 4.90 Å². The van der Waals surface area contributed by atoms with Crippen molar-refractivity contribution in [3.63, 3.8) is 0 Å². The minimum absolute atomic E-state index is 0.562. The third-order valence-electron chi connectivity index (χ3n) is 1.22. The largest absolute Gasteiger partial charge is 0.366 e. The molecule has 2 nitrogen and oxygen atoms in total. The van der Waals surface area contributed by atoms with E-state index in [1.165, 1.54) is 0 Å². The Morgan fingerprint density at radius 3 is 2.38 bits per heavy atom. The minimum Gasteiger partial charge on any atom is -0.366 e. The first kappa shape index (κ1) is 7.50. The van der Waals surface area contributed by atoms with Crippen LogP contribution in [0.1, 0.15) is 13.3 Å². The maximum absolute atomic E-state index is 5.31. The van der Waals surface area contributed by atoms with E-state index >= 15 is 0 Å². The molecule has 0 fully saturated rings. The van der Waals surface area contributed by atoms with Crippen LogP contribution in [0.3, 0.4) is 0 Å². The number of rotatable bonds is 3. The molecule has 0 unspecified atom stereocenters. The molecule has 0 bridgehead atoms. The monoisotopic (exact) mass is 114 g/mol. The molecular weight excluding hydrogens is 100 g/mol. The third-order valence-corrected chi connectivity index (χ3v) is 1.22. The molecule has 0 saturated heterocycles. The van der Waals surface area contributed by atoms with Crippen molar-refractivity contribution in [2.24, 2.45) is 5.73 Å². The Labute approximate surface area is 51.0 Å². The fourth-order valence-electron chi connectivity index (χ4n) is 0.399. The molecule has 0 aliphatic carbocycles. The molecule has 2 N–H and O–H groups in total. The van der Waals surface area contributed by atoms with Crippen LogP contribution in [0.4, 0.5) is 0 Å². The van der Waals surface area contributed by atoms with Gasteiger partial charge in [-0.15, -0.1) is 0 Å². The number of hydrogen-bond donors (Lipinski definition) is 1. The first-order valence-electron chi connectivity index (χ1n) is 2.81. The molecule has 0 aromatic heterocycles. The van der Waals surface area contributed by atoms with Gasteiger partial charge >= 0.3 is 0 Å². The topological polar surface area (TPSA) is 29.3 Å². The molecule has 0 atom stereocenters. The average Bonchev–Trinajstić information content (AvgIpc) is 1.84. The zero-order valence-corrected chi connectivity index (χ0v) is 5.65. The van der Waals surface area contributed by atoms with Crippen LogP contribution >= 0.6 is 0 Å². The van der Waals surface area contributed by atoms with Crippen molar-refractivity contribution in [3.8, 4) is 0 Å². The molecule has 0 heterocycles. The predicted molar refractivity (Wildman–Crippen MR) is 36.2 cm³/mol. The van der Waals surface area contributed by atoms with Crippen LogP contribution in [-0.2, 0) is 0 Å². The summed E-state index contributed by atoms with van der Waals surface area (Å²) in [5.74, 6) is 0. The number of nitrogens with zero attached hydrogens (tertiary/aromatic N) is 1. The lowest BCUT2D eigenvalue weighted by atomic mass is 10.3. The summed E-state index contributed by atoms with van der Waals surface area (Å²) in [6.45, 7) is 6.42. The quantitative estimate of drug-likeness (QED) is 0.549. The third kappa shape index (κ3) is 1.98. The van der Waals surface area contributed by atoms with Crippen molar-refractivity contribution < 1.29 is 0 Å². The lowest BCUT2D eigenvalue weighted by molar-refractivity contribution is 0.420. The highest BCUT2D eigenvalue weighted by Gasteiger charge is 1.92. The van der Waals surface area contributed by atoms with E-state index in [0.717, 1.165) is 12.1 Å². The van der Waals surface area contributed by atoms with Gasteiger partial charge in [-0.25, -0.2) is 0 Å². The van der Waals surface area contributed by atoms with Gasteiger partial charge in [-0.2, -0.15) is 0 Å². The van der Waals surface area contributed by atoms with Crippen LogP contribution in [0.25, 0.3) is 0 Å². The molecule has 0 aromatic carbocycles. The molecule has 0 aromatic rings. The molecule has 0 radical (unpaired) electrons. The Bertz CT molecular complexity index is 78.6. The highest BCUT2D eigenvalue weighted by molar-refractivity contribution is 4.89. The van der Waals surface area contributed by atoms with Crippen molar-refractivity contribution in [1.29, 1.82) is 0 Å². The summed E-state index contributed by atoms with van der Waals surface area (Å²) in [5, 5.41) is 0. The first-order chi connectivity index (χ1) is 3.72. The van der Waals surface area contributed by atoms with Crippen molar-refractivity contribution in [3.05, 3.63) is 12.3 Å². The number of allylic oxidation sites excluding steroid dienone is 1. The van der Waals surface area contributed by atoms with Gasteiger partial charge in [0.1, 0.15) is 0 Å². The molecule has 8 heavy (non-hydrogen) atoms. The van der Waals surface area contributed by atoms with Crippen LogP contribution in [0.15, 0.2) is 12.3 Å². The highest BCUT2D eigenvalue weighted by atomic mass is 15.2. The van der Waals surface area contributed by atoms with Gasteiger partial charge in [0.15, 0.2) is 0 Å². The lowest BCUT2D eigenvalue weighted by Gasteiger charge is -2.16. The summed E-state index contributed by atoms with van der Waals surface area (Å²) < 4.78 is 0. The van der Waals surface area contributed by atoms with Crippen LogP contribution < -0.4 is 5.73 Å². The Morgan fingerprint density at radius 2 is 2.25 bits per heavy atom. The van der Waals surface area contributed by atoms with Crippen LogP contribution in [-0.4, -0.2) is 18.6 Å². The second-order valence-corrected chi connectivity index (χ2v) is 1.80. The fourth-order valence-corrected chi connectivity index (χ4v) is 0.399. The molecule has 0 amide bonds. The van der Waals surface area contributed by atoms with Gasteiger partial charge in [0.05, 0.1) is 6.67 Å². The van der Waals surface area contributed by atoms with Gasteiger partial charge in [-0.3, -0.25) is 0 Å². The van der Waals surface area contributed by atoms with E-state index in [9.17, 15) is 0 Å². The Hall–Kier alpha value is -0.500. The predicted octanol–water partition coefficient (Wildman–Crippen LogP) is 0.758. The van der Waals surface area contributed by atoms with Crippen molar-refractivity contribution in [2.45, 2.75) is 13.3 Å². The van der Waals surface area contributed by atoms with E-state index in [1.807, 2.05) is 11.9 Å². The number of nitrogens with two attached hydrogens (primary N) is 1. The van der Waals surface area contributed by atoms with Gasteiger partial charge in [0.25, 0.3) is 0 Å². The second kappa shape index (κ2) is 3.50. The number of hydrogen-bond acceptors (Lipinski definition) is 2. The SMILES string of the molecule is C=C(CC)N(C)CN. The van der Waals surface area contributed by atoms with Gasteiger partial charge in [0.2, 0.25) is 0 Å². The van der Waals surface area contributed by atoms with Crippen LogP contribution in [0.5, 0.6) is 0 Å². The first-order valence-corrected chi connectivity index (χ1v) is 2.81. The van der Waals surface area contributed by atoms with E-state index in [-0.39, 0.29) is 0 Å². The molecule has 2 heteroatoms. The van der Waals surface area contributed by atoms with E-state index in [1.54, 1.807) is 0 Å². The zero-order chi connectivity index (χ0) is 6.57. The molecule has 0 aliphatic rings. The molecule has 0 aliphatic heterocycles. The molecule has 0 spiro atoms. The van der Waals surface area contributed by atoms with E-state index in [4.69, 9.17) is 5.73 Å². The van der Waals surface area contributed by atoms with E-state index < -0.39 is 0 Å². The molecule has 48 valence electrons. The van der Waals surface area contributed by atoms with Gasteiger partial charge in [-0.1, -0.05) is 13.5 Å². The van der Waals surface area contributed by atoms with Gasteiger partial charge < -0.3 is 10.6 Å².